The summed E-state index contributed by atoms with van der Waals surface area (Å²) in [5.74, 6) is 0.0214. The lowest BCUT2D eigenvalue weighted by atomic mass is 9.62. The van der Waals surface area contributed by atoms with Gasteiger partial charge in [-0.1, -0.05) is 55.4 Å². The number of aliphatic hydroxyl groups is 2. The Bertz CT molecular complexity index is 896. The minimum Gasteiger partial charge on any atom is -0.465 e. The summed E-state index contributed by atoms with van der Waals surface area (Å²) >= 11 is 0. The number of carbonyl (C=O) groups is 2. The maximum absolute atomic E-state index is 12.8. The van der Waals surface area contributed by atoms with Gasteiger partial charge < -0.3 is 14.9 Å². The number of rotatable bonds is 8. The van der Waals surface area contributed by atoms with E-state index in [-0.39, 0.29) is 11.2 Å². The second-order valence-electron chi connectivity index (χ2n) is 11.6. The summed E-state index contributed by atoms with van der Waals surface area (Å²) in [7, 11) is 0. The molecular weight excluding hydrogens is 440 g/mol. The van der Waals surface area contributed by atoms with Crippen molar-refractivity contribution in [3.05, 3.63) is 47.6 Å². The number of hydrogen-bond donors (Lipinski definition) is 2. The molecule has 5 nitrogen and oxygen atoms in total. The van der Waals surface area contributed by atoms with Crippen molar-refractivity contribution in [1.82, 2.24) is 0 Å². The van der Waals surface area contributed by atoms with E-state index in [0.29, 0.717) is 37.7 Å². The van der Waals surface area contributed by atoms with Crippen LogP contribution in [-0.2, 0) is 14.3 Å². The summed E-state index contributed by atoms with van der Waals surface area (Å²) in [6, 6.07) is 0. The largest absolute Gasteiger partial charge is 0.465 e. The maximum atomic E-state index is 12.8. The number of ketones is 1. The van der Waals surface area contributed by atoms with E-state index < -0.39 is 23.6 Å². The first-order chi connectivity index (χ1) is 16.5. The Morgan fingerprint density at radius 3 is 2.49 bits per heavy atom. The predicted molar refractivity (Wildman–Crippen MR) is 139 cm³/mol. The third kappa shape index (κ3) is 6.24. The van der Waals surface area contributed by atoms with Crippen LogP contribution in [0, 0.1) is 22.7 Å². The second kappa shape index (κ2) is 11.4. The van der Waals surface area contributed by atoms with Crippen molar-refractivity contribution < 1.29 is 24.5 Å². The van der Waals surface area contributed by atoms with E-state index in [4.69, 9.17) is 4.74 Å². The summed E-state index contributed by atoms with van der Waals surface area (Å²) in [4.78, 5) is 25.1. The number of aliphatic hydroxyl groups excluding tert-OH is 2. The SMILES string of the molecule is C=C(/C=C/C(=O)C(C)(C)C(=O)OCCC)[C@H]1CC[C@H]2/C(=C/C=C3C[C@@H](O)C[C@H](O)C3)CCC[C@]12C. The van der Waals surface area contributed by atoms with Crippen molar-refractivity contribution in [2.24, 2.45) is 22.7 Å². The molecule has 3 aliphatic carbocycles. The molecule has 2 N–H and O–H groups in total. The molecule has 194 valence electrons. The molecule has 5 heteroatoms. The molecule has 35 heavy (non-hydrogen) atoms. The van der Waals surface area contributed by atoms with Crippen molar-refractivity contribution in [3.63, 3.8) is 0 Å². The molecule has 0 amide bonds. The van der Waals surface area contributed by atoms with Gasteiger partial charge in [0.05, 0.1) is 18.8 Å². The molecule has 0 aromatic rings. The van der Waals surface area contributed by atoms with Gasteiger partial charge in [-0.15, -0.1) is 0 Å². The minimum atomic E-state index is -1.21. The summed E-state index contributed by atoms with van der Waals surface area (Å²) < 4.78 is 5.21. The van der Waals surface area contributed by atoms with E-state index in [1.807, 2.05) is 13.0 Å². The minimum absolute atomic E-state index is 0.0915. The zero-order valence-corrected chi connectivity index (χ0v) is 22.0. The van der Waals surface area contributed by atoms with Crippen LogP contribution in [0.4, 0.5) is 0 Å². The van der Waals surface area contributed by atoms with Crippen LogP contribution in [0.5, 0.6) is 0 Å². The van der Waals surface area contributed by atoms with Crippen molar-refractivity contribution in [1.29, 1.82) is 0 Å². The first-order valence-electron chi connectivity index (χ1n) is 13.3. The Kier molecular flexibility index (Phi) is 8.98. The fourth-order valence-electron chi connectivity index (χ4n) is 6.36. The van der Waals surface area contributed by atoms with Crippen LogP contribution < -0.4 is 0 Å². The first-order valence-corrected chi connectivity index (χ1v) is 13.3. The summed E-state index contributed by atoms with van der Waals surface area (Å²) in [6.45, 7) is 12.2. The van der Waals surface area contributed by atoms with Crippen LogP contribution in [0.15, 0.2) is 47.6 Å². The molecule has 0 spiro atoms. The van der Waals surface area contributed by atoms with Crippen molar-refractivity contribution in [3.8, 4) is 0 Å². The molecular formula is C30H44O5. The lowest BCUT2D eigenvalue weighted by Crippen LogP contribution is -2.35. The fourth-order valence-corrected chi connectivity index (χ4v) is 6.36. The van der Waals surface area contributed by atoms with Gasteiger partial charge in [-0.3, -0.25) is 9.59 Å². The Morgan fingerprint density at radius 2 is 1.83 bits per heavy atom. The van der Waals surface area contributed by atoms with Gasteiger partial charge in [0.15, 0.2) is 5.78 Å². The summed E-state index contributed by atoms with van der Waals surface area (Å²) in [5, 5.41) is 20.0. The molecule has 0 aromatic heterocycles. The quantitative estimate of drug-likeness (QED) is 0.202. The Hall–Kier alpha value is -1.98. The van der Waals surface area contributed by atoms with Gasteiger partial charge in [-0.2, -0.15) is 0 Å². The fraction of sp³-hybridized carbons (Fsp3) is 0.667. The van der Waals surface area contributed by atoms with E-state index >= 15 is 0 Å². The van der Waals surface area contributed by atoms with Crippen LogP contribution in [0.1, 0.15) is 85.5 Å². The molecule has 0 unspecified atom stereocenters. The number of esters is 1. The van der Waals surface area contributed by atoms with Crippen LogP contribution in [0.3, 0.4) is 0 Å². The van der Waals surface area contributed by atoms with E-state index in [0.717, 1.165) is 49.7 Å². The Labute approximate surface area is 211 Å². The zero-order chi connectivity index (χ0) is 25.8. The molecule has 0 aromatic carbocycles. The molecule has 3 fully saturated rings. The Balaban J connectivity index is 1.70. The molecule has 5 atom stereocenters. The zero-order valence-electron chi connectivity index (χ0n) is 22.0. The lowest BCUT2D eigenvalue weighted by molar-refractivity contribution is -0.157. The molecule has 3 saturated carbocycles. The maximum Gasteiger partial charge on any atom is 0.319 e. The van der Waals surface area contributed by atoms with Crippen LogP contribution in [0.25, 0.3) is 0 Å². The normalized spacial score (nSPS) is 32.5. The third-order valence-corrected chi connectivity index (χ3v) is 8.50. The van der Waals surface area contributed by atoms with Crippen LogP contribution >= 0.6 is 0 Å². The van der Waals surface area contributed by atoms with E-state index in [1.54, 1.807) is 13.8 Å². The van der Waals surface area contributed by atoms with E-state index in [2.05, 4.69) is 25.7 Å². The number of allylic oxidation sites excluding steroid dienone is 6. The topological polar surface area (TPSA) is 83.8 Å². The van der Waals surface area contributed by atoms with Gasteiger partial charge in [0.1, 0.15) is 5.41 Å². The van der Waals surface area contributed by atoms with Crippen LogP contribution in [0.2, 0.25) is 0 Å². The molecule has 3 aliphatic rings. The van der Waals surface area contributed by atoms with E-state index in [9.17, 15) is 19.8 Å². The van der Waals surface area contributed by atoms with Crippen molar-refractivity contribution in [2.45, 2.75) is 97.7 Å². The highest BCUT2D eigenvalue weighted by molar-refractivity contribution is 6.08. The highest BCUT2D eigenvalue weighted by Gasteiger charge is 2.49. The van der Waals surface area contributed by atoms with Gasteiger partial charge >= 0.3 is 5.97 Å². The number of ether oxygens (including phenoxy) is 1. The van der Waals surface area contributed by atoms with Gasteiger partial charge in [0.2, 0.25) is 0 Å². The summed E-state index contributed by atoms with van der Waals surface area (Å²) in [6.07, 6.45) is 14.7. The number of fused-ring (bicyclic) bond motifs is 1. The van der Waals surface area contributed by atoms with Gasteiger partial charge in [0.25, 0.3) is 0 Å². The van der Waals surface area contributed by atoms with Gasteiger partial charge in [-0.25, -0.2) is 0 Å². The standard InChI is InChI=1S/C30H44O5/c1-6-16-35-28(34)29(3,4)27(33)14-9-20(2)25-12-13-26-22(8-7-15-30(25,26)5)11-10-21-17-23(31)19-24(32)18-21/h9-11,14,23-26,31-32H,2,6-8,12-13,15-19H2,1,3-5H3/b14-9+,22-11+/t23-,24-,25-,26+,30-/m1/s1. The smallest absolute Gasteiger partial charge is 0.319 e. The average Bonchev–Trinajstić information content (AvgIpc) is 3.16. The number of carbonyl (C=O) groups excluding carboxylic acids is 2. The third-order valence-electron chi connectivity index (χ3n) is 8.50. The van der Waals surface area contributed by atoms with Gasteiger partial charge in [-0.05, 0) is 95.0 Å². The lowest BCUT2D eigenvalue weighted by Gasteiger charge is -2.42. The molecule has 0 aliphatic heterocycles. The molecule has 0 saturated heterocycles. The highest BCUT2D eigenvalue weighted by Crippen LogP contribution is 2.59. The molecule has 3 rings (SSSR count). The molecule has 0 bridgehead atoms. The van der Waals surface area contributed by atoms with Crippen LogP contribution in [-0.4, -0.2) is 40.8 Å². The predicted octanol–water partition coefficient (Wildman–Crippen LogP) is 5.62. The molecule has 0 heterocycles. The van der Waals surface area contributed by atoms with Crippen molar-refractivity contribution >= 4 is 11.8 Å². The monoisotopic (exact) mass is 484 g/mol. The van der Waals surface area contributed by atoms with Gasteiger partial charge in [0, 0.05) is 0 Å². The Morgan fingerprint density at radius 1 is 1.14 bits per heavy atom. The second-order valence-corrected chi connectivity index (χ2v) is 11.6. The number of hydrogen-bond acceptors (Lipinski definition) is 5. The average molecular weight is 485 g/mol. The summed E-state index contributed by atoms with van der Waals surface area (Å²) in [5.41, 5.74) is 2.42. The molecule has 0 radical (unpaired) electrons. The van der Waals surface area contributed by atoms with Crippen molar-refractivity contribution in [2.75, 3.05) is 6.61 Å². The first kappa shape index (κ1) is 27.6. The van der Waals surface area contributed by atoms with E-state index in [1.165, 1.54) is 11.6 Å². The highest BCUT2D eigenvalue weighted by atomic mass is 16.5.